The summed E-state index contributed by atoms with van der Waals surface area (Å²) in [7, 11) is 1.79. The number of hydrogen-bond acceptors (Lipinski definition) is 5. The molecule has 0 aliphatic carbocycles. The monoisotopic (exact) mass is 246 g/mol. The van der Waals surface area contributed by atoms with E-state index in [1.807, 2.05) is 0 Å². The lowest BCUT2D eigenvalue weighted by molar-refractivity contribution is -0.127. The van der Waals surface area contributed by atoms with Gasteiger partial charge in [-0.1, -0.05) is 0 Å². The molecule has 3 N–H and O–H groups in total. The Kier molecular flexibility index (Phi) is 2.36. The van der Waals surface area contributed by atoms with Crippen LogP contribution in [0.15, 0.2) is 22.6 Å². The van der Waals surface area contributed by atoms with Crippen LogP contribution in [-0.4, -0.2) is 35.4 Å². The molecule has 1 aliphatic rings. The fraction of sp³-hybridized carbons (Fsp3) is 0.333. The third kappa shape index (κ3) is 1.75. The summed E-state index contributed by atoms with van der Waals surface area (Å²) in [6.07, 6.45) is 0.760. The number of nitrogens with zero attached hydrogens (tertiary/aromatic N) is 2. The van der Waals surface area contributed by atoms with E-state index in [1.165, 1.54) is 0 Å². The number of nitrogen functional groups attached to an aromatic ring is 1. The summed E-state index contributed by atoms with van der Waals surface area (Å²) in [5.74, 6) is 0.0665. The number of fused-ring (bicyclic) bond motifs is 1. The van der Waals surface area contributed by atoms with Crippen molar-refractivity contribution in [2.45, 2.75) is 12.5 Å². The Labute approximate surface area is 104 Å². The second kappa shape index (κ2) is 3.90. The lowest BCUT2D eigenvalue weighted by Gasteiger charge is -2.09. The predicted octanol–water partition coefficient (Wildman–Crippen LogP) is 1.05. The van der Waals surface area contributed by atoms with E-state index in [9.17, 15) is 4.79 Å². The number of oxazole rings is 1. The van der Waals surface area contributed by atoms with Gasteiger partial charge >= 0.3 is 0 Å². The summed E-state index contributed by atoms with van der Waals surface area (Å²) in [5.41, 5.74) is 7.64. The Morgan fingerprint density at radius 3 is 3.11 bits per heavy atom. The van der Waals surface area contributed by atoms with E-state index in [-0.39, 0.29) is 11.9 Å². The zero-order valence-electron chi connectivity index (χ0n) is 10.0. The molecular formula is C12H14N4O2. The van der Waals surface area contributed by atoms with Crippen LogP contribution in [0.25, 0.3) is 11.1 Å². The number of likely N-dealkylation sites (N-methyl/N-ethyl adjacent to an activating group) is 1. The number of likely N-dealkylation sites (tertiary alicyclic amines) is 1. The van der Waals surface area contributed by atoms with Crippen molar-refractivity contribution in [2.24, 2.45) is 0 Å². The smallest absolute Gasteiger partial charge is 0.296 e. The van der Waals surface area contributed by atoms with E-state index in [4.69, 9.17) is 10.2 Å². The van der Waals surface area contributed by atoms with E-state index in [0.717, 1.165) is 18.5 Å². The number of anilines is 2. The van der Waals surface area contributed by atoms with Crippen LogP contribution in [0, 0.1) is 0 Å². The first-order valence-corrected chi connectivity index (χ1v) is 5.81. The van der Waals surface area contributed by atoms with Crippen molar-refractivity contribution in [2.75, 3.05) is 24.6 Å². The maximum atomic E-state index is 11.8. The number of nitrogens with one attached hydrogen (secondary N) is 1. The van der Waals surface area contributed by atoms with Crippen molar-refractivity contribution in [1.82, 2.24) is 9.88 Å². The molecule has 0 saturated carbocycles. The Bertz CT molecular complexity index is 607. The lowest BCUT2D eigenvalue weighted by atomic mass is 10.2. The van der Waals surface area contributed by atoms with Crippen LogP contribution in [0.4, 0.5) is 11.7 Å². The highest BCUT2D eigenvalue weighted by Crippen LogP contribution is 2.23. The van der Waals surface area contributed by atoms with Gasteiger partial charge in [-0.25, -0.2) is 0 Å². The van der Waals surface area contributed by atoms with Crippen LogP contribution in [-0.2, 0) is 4.79 Å². The summed E-state index contributed by atoms with van der Waals surface area (Å²) in [6, 6.07) is 5.39. The van der Waals surface area contributed by atoms with Gasteiger partial charge in [-0.15, -0.1) is 0 Å². The molecule has 1 amide bonds. The van der Waals surface area contributed by atoms with Gasteiger partial charge in [0.1, 0.15) is 11.6 Å². The Morgan fingerprint density at radius 2 is 2.39 bits per heavy atom. The summed E-state index contributed by atoms with van der Waals surface area (Å²) in [4.78, 5) is 17.7. The molecule has 1 unspecified atom stereocenters. The molecule has 0 spiro atoms. The molecule has 1 aliphatic heterocycles. The quantitative estimate of drug-likeness (QED) is 0.774. The van der Waals surface area contributed by atoms with Crippen molar-refractivity contribution in [1.29, 1.82) is 0 Å². The highest BCUT2D eigenvalue weighted by Gasteiger charge is 2.29. The molecular weight excluding hydrogens is 232 g/mol. The second-order valence-electron chi connectivity index (χ2n) is 4.49. The zero-order valence-corrected chi connectivity index (χ0v) is 10.0. The molecule has 6 heteroatoms. The molecule has 18 heavy (non-hydrogen) atoms. The topological polar surface area (TPSA) is 84.4 Å². The molecule has 3 rings (SSSR count). The molecule has 1 fully saturated rings. The van der Waals surface area contributed by atoms with Gasteiger partial charge in [-0.3, -0.25) is 4.79 Å². The Hall–Kier alpha value is -2.24. The van der Waals surface area contributed by atoms with Crippen molar-refractivity contribution in [3.8, 4) is 0 Å². The van der Waals surface area contributed by atoms with Crippen molar-refractivity contribution < 1.29 is 9.21 Å². The van der Waals surface area contributed by atoms with Gasteiger partial charge in [0.2, 0.25) is 5.91 Å². The van der Waals surface area contributed by atoms with Gasteiger partial charge in [-0.2, -0.15) is 4.98 Å². The summed E-state index contributed by atoms with van der Waals surface area (Å²) >= 11 is 0. The van der Waals surface area contributed by atoms with E-state index < -0.39 is 0 Å². The first-order chi connectivity index (χ1) is 8.63. The van der Waals surface area contributed by atoms with Crippen LogP contribution in [0.3, 0.4) is 0 Å². The van der Waals surface area contributed by atoms with Crippen LogP contribution in [0.2, 0.25) is 0 Å². The molecule has 2 aromatic rings. The number of amides is 1. The van der Waals surface area contributed by atoms with E-state index in [1.54, 1.807) is 30.1 Å². The highest BCUT2D eigenvalue weighted by molar-refractivity contribution is 5.86. The largest absolute Gasteiger partial charge is 0.423 e. The minimum absolute atomic E-state index is 0.0665. The number of aromatic nitrogens is 1. The van der Waals surface area contributed by atoms with E-state index >= 15 is 0 Å². The minimum atomic E-state index is -0.250. The highest BCUT2D eigenvalue weighted by atomic mass is 16.4. The number of carbonyl (C=O) groups excluding carboxylic acids is 1. The van der Waals surface area contributed by atoms with Crippen LogP contribution in [0.5, 0.6) is 0 Å². The number of benzene rings is 1. The molecule has 1 aromatic carbocycles. The first kappa shape index (κ1) is 10.9. The Balaban J connectivity index is 1.85. The molecule has 6 nitrogen and oxygen atoms in total. The Morgan fingerprint density at radius 1 is 1.56 bits per heavy atom. The average molecular weight is 246 g/mol. The number of hydrogen-bond donors (Lipinski definition) is 2. The molecule has 2 heterocycles. The van der Waals surface area contributed by atoms with Crippen LogP contribution in [0.1, 0.15) is 6.42 Å². The van der Waals surface area contributed by atoms with Gasteiger partial charge in [-0.05, 0) is 18.6 Å². The number of rotatable bonds is 2. The van der Waals surface area contributed by atoms with Gasteiger partial charge < -0.3 is 20.4 Å². The molecule has 94 valence electrons. The van der Waals surface area contributed by atoms with Crippen molar-refractivity contribution in [3.63, 3.8) is 0 Å². The molecule has 0 bridgehead atoms. The molecule has 0 radical (unpaired) electrons. The second-order valence-corrected chi connectivity index (χ2v) is 4.49. The lowest BCUT2D eigenvalue weighted by Crippen LogP contribution is -2.30. The van der Waals surface area contributed by atoms with Gasteiger partial charge in [0.05, 0.1) is 0 Å². The minimum Gasteiger partial charge on any atom is -0.423 e. The standard InChI is InChI=1S/C12H14N4O2/c1-16-5-4-9(11(16)17)15-12-14-8-3-2-7(13)6-10(8)18-12/h2-3,6,9H,4-5,13H2,1H3,(H,14,15). The molecule has 1 aromatic heterocycles. The van der Waals surface area contributed by atoms with Gasteiger partial charge in [0.15, 0.2) is 5.58 Å². The zero-order chi connectivity index (χ0) is 12.7. The number of carbonyl (C=O) groups is 1. The third-order valence-electron chi connectivity index (χ3n) is 3.14. The maximum Gasteiger partial charge on any atom is 0.296 e. The third-order valence-corrected chi connectivity index (χ3v) is 3.14. The molecule has 1 saturated heterocycles. The summed E-state index contributed by atoms with van der Waals surface area (Å²) in [5, 5.41) is 3.02. The normalized spacial score (nSPS) is 19.7. The van der Waals surface area contributed by atoms with Crippen LogP contribution < -0.4 is 11.1 Å². The van der Waals surface area contributed by atoms with Gasteiger partial charge in [0.25, 0.3) is 6.01 Å². The van der Waals surface area contributed by atoms with E-state index in [0.29, 0.717) is 17.3 Å². The number of nitrogens with two attached hydrogens (primary N) is 1. The SMILES string of the molecule is CN1CCC(Nc2nc3ccc(N)cc3o2)C1=O. The predicted molar refractivity (Wildman–Crippen MR) is 68.1 cm³/mol. The maximum absolute atomic E-state index is 11.8. The fourth-order valence-corrected chi connectivity index (χ4v) is 2.11. The summed E-state index contributed by atoms with van der Waals surface area (Å²) < 4.78 is 5.52. The first-order valence-electron chi connectivity index (χ1n) is 5.81. The fourth-order valence-electron chi connectivity index (χ4n) is 2.11. The van der Waals surface area contributed by atoms with Crippen LogP contribution >= 0.6 is 0 Å². The molecule has 1 atom stereocenters. The average Bonchev–Trinajstić information content (AvgIpc) is 2.86. The van der Waals surface area contributed by atoms with Crippen molar-refractivity contribution in [3.05, 3.63) is 18.2 Å². The van der Waals surface area contributed by atoms with Gasteiger partial charge in [0, 0.05) is 25.3 Å². The van der Waals surface area contributed by atoms with E-state index in [2.05, 4.69) is 10.3 Å². The van der Waals surface area contributed by atoms with Crippen molar-refractivity contribution >= 4 is 28.7 Å². The summed E-state index contributed by atoms with van der Waals surface area (Å²) in [6.45, 7) is 0.754.